The average Bonchev–Trinajstić information content (AvgIpc) is 3.11. The van der Waals surface area contributed by atoms with Crippen molar-refractivity contribution < 1.29 is 8.42 Å². The first-order chi connectivity index (χ1) is 8.59. The van der Waals surface area contributed by atoms with Gasteiger partial charge in [-0.15, -0.1) is 0 Å². The van der Waals surface area contributed by atoms with Crippen molar-refractivity contribution >= 4 is 10.0 Å². The van der Waals surface area contributed by atoms with Crippen LogP contribution in [0.25, 0.3) is 0 Å². The molecule has 0 bridgehead atoms. The third kappa shape index (κ3) is 4.40. The Bertz CT molecular complexity index is 478. The smallest absolute Gasteiger partial charge is 0.215 e. The van der Waals surface area contributed by atoms with Crippen LogP contribution in [-0.4, -0.2) is 21.0 Å². The predicted octanol–water partition coefficient (Wildman–Crippen LogP) is 1.38. The summed E-state index contributed by atoms with van der Waals surface area (Å²) in [6.45, 7) is 3.08. The van der Waals surface area contributed by atoms with Gasteiger partial charge in [-0.2, -0.15) is 0 Å². The summed E-state index contributed by atoms with van der Waals surface area (Å²) >= 11 is 0. The Morgan fingerprint density at radius 2 is 1.78 bits per heavy atom. The zero-order valence-electron chi connectivity index (χ0n) is 10.6. The van der Waals surface area contributed by atoms with Crippen molar-refractivity contribution in [3.8, 4) is 0 Å². The lowest BCUT2D eigenvalue weighted by atomic mass is 10.1. The Labute approximate surface area is 109 Å². The zero-order chi connectivity index (χ0) is 13.0. The highest BCUT2D eigenvalue weighted by Gasteiger charge is 2.19. The first-order valence-corrected chi connectivity index (χ1v) is 8.03. The van der Waals surface area contributed by atoms with Gasteiger partial charge in [0.2, 0.25) is 10.0 Å². The van der Waals surface area contributed by atoms with E-state index in [0.29, 0.717) is 12.6 Å². The maximum atomic E-state index is 11.6. The molecule has 1 saturated carbocycles. The van der Waals surface area contributed by atoms with Gasteiger partial charge in [-0.05, 0) is 24.0 Å². The van der Waals surface area contributed by atoms with E-state index in [9.17, 15) is 8.42 Å². The first kappa shape index (κ1) is 13.5. The van der Waals surface area contributed by atoms with Crippen molar-refractivity contribution in [2.45, 2.75) is 38.1 Å². The van der Waals surface area contributed by atoms with Crippen molar-refractivity contribution in [1.29, 1.82) is 0 Å². The molecule has 0 atom stereocenters. The van der Waals surface area contributed by atoms with Crippen LogP contribution >= 0.6 is 0 Å². The molecule has 0 aromatic heterocycles. The Morgan fingerprint density at radius 3 is 2.33 bits per heavy atom. The van der Waals surface area contributed by atoms with Gasteiger partial charge in [0.25, 0.3) is 0 Å². The number of sulfonamides is 1. The van der Waals surface area contributed by atoms with Crippen LogP contribution in [0.3, 0.4) is 0 Å². The van der Waals surface area contributed by atoms with E-state index < -0.39 is 10.0 Å². The molecular formula is C13H20N2O2S. The van der Waals surface area contributed by atoms with Crippen LogP contribution in [0.4, 0.5) is 0 Å². The van der Waals surface area contributed by atoms with E-state index in [1.807, 2.05) is 24.3 Å². The van der Waals surface area contributed by atoms with Crippen molar-refractivity contribution in [2.24, 2.45) is 0 Å². The van der Waals surface area contributed by atoms with E-state index in [0.717, 1.165) is 12.1 Å². The van der Waals surface area contributed by atoms with Gasteiger partial charge in [0.15, 0.2) is 0 Å². The van der Waals surface area contributed by atoms with Gasteiger partial charge in [-0.1, -0.05) is 31.2 Å². The second-order valence-corrected chi connectivity index (χ2v) is 6.54. The molecule has 1 fully saturated rings. The van der Waals surface area contributed by atoms with E-state index in [2.05, 4.69) is 10.0 Å². The van der Waals surface area contributed by atoms with Gasteiger partial charge < -0.3 is 5.32 Å². The van der Waals surface area contributed by atoms with Crippen molar-refractivity contribution in [3.05, 3.63) is 35.4 Å². The third-order valence-corrected chi connectivity index (χ3v) is 4.36. The van der Waals surface area contributed by atoms with Gasteiger partial charge in [-0.25, -0.2) is 13.1 Å². The fraction of sp³-hybridized carbons (Fsp3) is 0.538. The summed E-state index contributed by atoms with van der Waals surface area (Å²) in [4.78, 5) is 0. The zero-order valence-corrected chi connectivity index (χ0v) is 11.5. The molecule has 0 aliphatic heterocycles. The lowest BCUT2D eigenvalue weighted by Gasteiger charge is -2.06. The van der Waals surface area contributed by atoms with Crippen LogP contribution in [0.5, 0.6) is 0 Å². The second-order valence-electron chi connectivity index (χ2n) is 4.73. The minimum atomic E-state index is -3.18. The Morgan fingerprint density at radius 1 is 1.17 bits per heavy atom. The summed E-state index contributed by atoms with van der Waals surface area (Å²) in [6, 6.07) is 8.45. The molecular weight excluding hydrogens is 248 g/mol. The Balaban J connectivity index is 1.90. The molecule has 1 aromatic carbocycles. The number of rotatable bonds is 7. The van der Waals surface area contributed by atoms with E-state index in [1.54, 1.807) is 6.92 Å². The van der Waals surface area contributed by atoms with Gasteiger partial charge in [-0.3, -0.25) is 0 Å². The summed E-state index contributed by atoms with van der Waals surface area (Å²) in [5, 5.41) is 3.43. The predicted molar refractivity (Wildman–Crippen MR) is 72.6 cm³/mol. The van der Waals surface area contributed by atoms with Crippen LogP contribution < -0.4 is 10.0 Å². The quantitative estimate of drug-likeness (QED) is 0.785. The van der Waals surface area contributed by atoms with Gasteiger partial charge in [0.05, 0.1) is 5.75 Å². The van der Waals surface area contributed by atoms with Crippen molar-refractivity contribution in [2.75, 3.05) is 6.54 Å². The summed E-state index contributed by atoms with van der Waals surface area (Å²) in [6.07, 6.45) is 2.55. The maximum Gasteiger partial charge on any atom is 0.215 e. The number of nitrogens with one attached hydrogen (secondary N) is 2. The molecule has 1 aromatic rings. The number of benzene rings is 1. The lowest BCUT2D eigenvalue weighted by molar-refractivity contribution is 0.583. The fourth-order valence-electron chi connectivity index (χ4n) is 1.79. The van der Waals surface area contributed by atoms with Gasteiger partial charge in [0.1, 0.15) is 0 Å². The summed E-state index contributed by atoms with van der Waals surface area (Å²) in [5.74, 6) is 0.0528. The molecule has 0 saturated heterocycles. The van der Waals surface area contributed by atoms with Crippen molar-refractivity contribution in [1.82, 2.24) is 10.0 Å². The average molecular weight is 268 g/mol. The topological polar surface area (TPSA) is 58.2 Å². The molecule has 4 nitrogen and oxygen atoms in total. The van der Waals surface area contributed by atoms with Crippen LogP contribution in [-0.2, 0) is 22.3 Å². The Kier molecular flexibility index (Phi) is 4.37. The van der Waals surface area contributed by atoms with Crippen LogP contribution in [0.2, 0.25) is 0 Å². The monoisotopic (exact) mass is 268 g/mol. The highest BCUT2D eigenvalue weighted by molar-refractivity contribution is 7.88. The van der Waals surface area contributed by atoms with Crippen LogP contribution in [0.15, 0.2) is 24.3 Å². The van der Waals surface area contributed by atoms with Crippen molar-refractivity contribution in [3.63, 3.8) is 0 Å². The maximum absolute atomic E-state index is 11.6. The molecule has 100 valence electrons. The first-order valence-electron chi connectivity index (χ1n) is 6.37. The minimum absolute atomic E-state index is 0.0528. The Hall–Kier alpha value is -0.910. The molecule has 18 heavy (non-hydrogen) atoms. The molecule has 0 heterocycles. The SMILES string of the molecule is CCNS(=O)(=O)Cc1ccc(CNC2CC2)cc1. The number of hydrogen-bond donors (Lipinski definition) is 2. The standard InChI is InChI=1S/C13H20N2O2S/c1-2-15-18(16,17)10-12-5-3-11(4-6-12)9-14-13-7-8-13/h3-6,13-15H,2,7-10H2,1H3. The molecule has 1 aliphatic carbocycles. The number of hydrogen-bond acceptors (Lipinski definition) is 3. The molecule has 1 aliphatic rings. The second kappa shape index (κ2) is 5.82. The lowest BCUT2D eigenvalue weighted by Crippen LogP contribution is -2.24. The molecule has 0 radical (unpaired) electrons. The molecule has 0 unspecified atom stereocenters. The molecule has 2 N–H and O–H groups in total. The van der Waals surface area contributed by atoms with E-state index in [-0.39, 0.29) is 5.75 Å². The van der Waals surface area contributed by atoms with E-state index >= 15 is 0 Å². The molecule has 2 rings (SSSR count). The summed E-state index contributed by atoms with van der Waals surface area (Å²) < 4.78 is 25.7. The summed E-state index contributed by atoms with van der Waals surface area (Å²) in [7, 11) is -3.18. The highest BCUT2D eigenvalue weighted by Crippen LogP contribution is 2.19. The third-order valence-electron chi connectivity index (χ3n) is 2.92. The van der Waals surface area contributed by atoms with Crippen LogP contribution in [0, 0.1) is 0 Å². The molecule has 0 amide bonds. The largest absolute Gasteiger partial charge is 0.310 e. The van der Waals surface area contributed by atoms with E-state index in [4.69, 9.17) is 0 Å². The molecule has 0 spiro atoms. The highest BCUT2D eigenvalue weighted by atomic mass is 32.2. The normalized spacial score (nSPS) is 15.8. The van der Waals surface area contributed by atoms with Crippen LogP contribution in [0.1, 0.15) is 30.9 Å². The fourth-order valence-corrected chi connectivity index (χ4v) is 2.97. The van der Waals surface area contributed by atoms with E-state index in [1.165, 1.54) is 18.4 Å². The molecule has 5 heteroatoms. The summed E-state index contributed by atoms with van der Waals surface area (Å²) in [5.41, 5.74) is 2.03. The van der Waals surface area contributed by atoms with Gasteiger partial charge in [0, 0.05) is 19.1 Å². The van der Waals surface area contributed by atoms with Gasteiger partial charge >= 0.3 is 0 Å². The minimum Gasteiger partial charge on any atom is -0.310 e.